The zero-order valence-corrected chi connectivity index (χ0v) is 18.0. The van der Waals surface area contributed by atoms with Crippen LogP contribution >= 0.6 is 0 Å². The molecule has 2 aromatic heterocycles. The third-order valence-corrected chi connectivity index (χ3v) is 5.89. The Hall–Kier alpha value is -3.22. The highest BCUT2D eigenvalue weighted by Gasteiger charge is 2.30. The van der Waals surface area contributed by atoms with E-state index in [2.05, 4.69) is 15.2 Å². The van der Waals surface area contributed by atoms with Crippen LogP contribution < -0.4 is 6.15 Å². The number of quaternary nitrogens is 1. The molecule has 1 aliphatic rings. The van der Waals surface area contributed by atoms with Crippen molar-refractivity contribution in [2.24, 2.45) is 0 Å². The third kappa shape index (κ3) is 4.60. The van der Waals surface area contributed by atoms with E-state index >= 15 is 0 Å². The maximum Gasteiger partial charge on any atom is 0.274 e. The van der Waals surface area contributed by atoms with Gasteiger partial charge in [0.05, 0.1) is 22.4 Å². The van der Waals surface area contributed by atoms with Gasteiger partial charge < -0.3 is 25.5 Å². The van der Waals surface area contributed by atoms with Crippen molar-refractivity contribution in [3.63, 3.8) is 0 Å². The first-order valence-electron chi connectivity index (χ1n) is 9.35. The SMILES string of the molecule is CN(CCS(=O)(=O)[O-])C(=O)c1n[nH]c2c1CN(C(=O)c1cc3ccccc3[nH]1)CC2.[NH4+]. The van der Waals surface area contributed by atoms with Crippen molar-refractivity contribution in [1.29, 1.82) is 0 Å². The monoisotopic (exact) mass is 448 g/mol. The van der Waals surface area contributed by atoms with E-state index in [0.717, 1.165) is 21.5 Å². The second-order valence-electron chi connectivity index (χ2n) is 7.26. The van der Waals surface area contributed by atoms with E-state index in [0.29, 0.717) is 24.2 Å². The number of nitrogens with one attached hydrogen (secondary N) is 2. The fourth-order valence-electron chi connectivity index (χ4n) is 3.54. The molecule has 0 aliphatic carbocycles. The van der Waals surface area contributed by atoms with Crippen LogP contribution in [0, 0.1) is 0 Å². The van der Waals surface area contributed by atoms with E-state index in [-0.39, 0.29) is 30.8 Å². The molecule has 0 saturated heterocycles. The summed E-state index contributed by atoms with van der Waals surface area (Å²) in [5.41, 5.74) is 2.84. The smallest absolute Gasteiger partial charge is 0.274 e. The average molecular weight is 449 g/mol. The summed E-state index contributed by atoms with van der Waals surface area (Å²) in [6, 6.07) is 9.40. The molecule has 12 heteroatoms. The zero-order valence-electron chi connectivity index (χ0n) is 17.2. The molecule has 6 N–H and O–H groups in total. The van der Waals surface area contributed by atoms with Gasteiger partial charge in [-0.15, -0.1) is 0 Å². The van der Waals surface area contributed by atoms with Crippen LogP contribution in [0.2, 0.25) is 0 Å². The highest BCUT2D eigenvalue weighted by Crippen LogP contribution is 2.24. The van der Waals surface area contributed by atoms with Gasteiger partial charge in [-0.3, -0.25) is 14.7 Å². The summed E-state index contributed by atoms with van der Waals surface area (Å²) in [5, 5.41) is 7.84. The Morgan fingerprint density at radius 3 is 2.74 bits per heavy atom. The number of rotatable bonds is 5. The van der Waals surface area contributed by atoms with Crippen LogP contribution in [0.3, 0.4) is 0 Å². The van der Waals surface area contributed by atoms with Crippen molar-refractivity contribution in [1.82, 2.24) is 31.1 Å². The largest absolute Gasteiger partial charge is 0.748 e. The number of carbonyl (C=O) groups excluding carboxylic acids is 2. The summed E-state index contributed by atoms with van der Waals surface area (Å²) in [5.74, 6) is -1.36. The maximum absolute atomic E-state index is 13.0. The molecule has 11 nitrogen and oxygen atoms in total. The number of para-hydroxylation sites is 1. The Morgan fingerprint density at radius 2 is 2.03 bits per heavy atom. The Balaban J connectivity index is 0.00000272. The molecule has 0 fully saturated rings. The first kappa shape index (κ1) is 22.5. The Morgan fingerprint density at radius 1 is 1.29 bits per heavy atom. The minimum atomic E-state index is -4.43. The second kappa shape index (κ2) is 8.49. The summed E-state index contributed by atoms with van der Waals surface area (Å²) in [4.78, 5) is 31.6. The number of amides is 2. The third-order valence-electron chi connectivity index (χ3n) is 5.21. The molecule has 3 aromatic rings. The molecule has 0 saturated carbocycles. The van der Waals surface area contributed by atoms with Crippen molar-refractivity contribution in [2.45, 2.75) is 13.0 Å². The fourth-order valence-corrected chi connectivity index (χ4v) is 4.03. The molecule has 0 spiro atoms. The summed E-state index contributed by atoms with van der Waals surface area (Å²) >= 11 is 0. The standard InChI is InChI=1S/C19H21N5O5S.H3N/c1-23(8-9-30(27,28)29)19(26)17-13-11-24(7-6-15(13)21-22-17)18(25)16-10-12-4-2-3-5-14(12)20-16;/h2-5,10,20H,6-9,11H2,1H3,(H,21,22)(H,27,28,29);1H3. The van der Waals surface area contributed by atoms with E-state index in [1.54, 1.807) is 11.0 Å². The highest BCUT2D eigenvalue weighted by molar-refractivity contribution is 7.85. The van der Waals surface area contributed by atoms with Crippen LogP contribution in [-0.4, -0.2) is 75.7 Å². The number of fused-ring (bicyclic) bond motifs is 2. The van der Waals surface area contributed by atoms with Crippen LogP contribution in [0.1, 0.15) is 32.2 Å². The molecule has 3 heterocycles. The predicted molar refractivity (Wildman–Crippen MR) is 113 cm³/mol. The molecule has 166 valence electrons. The molecule has 4 rings (SSSR count). The van der Waals surface area contributed by atoms with E-state index in [1.165, 1.54) is 7.05 Å². The number of benzene rings is 1. The van der Waals surface area contributed by atoms with Crippen LogP contribution in [0.5, 0.6) is 0 Å². The summed E-state index contributed by atoms with van der Waals surface area (Å²) in [6.07, 6.45) is 0.514. The van der Waals surface area contributed by atoms with Crippen LogP contribution in [0.25, 0.3) is 10.9 Å². The Labute approximate surface area is 178 Å². The van der Waals surface area contributed by atoms with Crippen molar-refractivity contribution in [3.05, 3.63) is 53.0 Å². The summed E-state index contributed by atoms with van der Waals surface area (Å²) < 4.78 is 32.5. The van der Waals surface area contributed by atoms with Crippen molar-refractivity contribution in [3.8, 4) is 0 Å². The summed E-state index contributed by atoms with van der Waals surface area (Å²) in [7, 11) is -3.02. The Kier molecular flexibility index (Phi) is 6.15. The lowest BCUT2D eigenvalue weighted by Gasteiger charge is -2.27. The van der Waals surface area contributed by atoms with E-state index < -0.39 is 21.8 Å². The van der Waals surface area contributed by atoms with Gasteiger partial charge in [-0.1, -0.05) is 18.2 Å². The van der Waals surface area contributed by atoms with Gasteiger partial charge in [0.15, 0.2) is 5.69 Å². The fraction of sp³-hybridized carbons (Fsp3) is 0.316. The lowest BCUT2D eigenvalue weighted by Crippen LogP contribution is -2.37. The van der Waals surface area contributed by atoms with E-state index in [1.807, 2.05) is 24.3 Å². The van der Waals surface area contributed by atoms with Crippen LogP contribution in [0.15, 0.2) is 30.3 Å². The number of aromatic nitrogens is 3. The zero-order chi connectivity index (χ0) is 21.5. The number of hydrogen-bond donors (Lipinski definition) is 3. The minimum Gasteiger partial charge on any atom is -0.748 e. The predicted octanol–water partition coefficient (Wildman–Crippen LogP) is 1.08. The average Bonchev–Trinajstić information content (AvgIpc) is 3.33. The number of nitrogens with zero attached hydrogens (tertiary/aromatic N) is 3. The molecule has 2 amide bonds. The van der Waals surface area contributed by atoms with Crippen molar-refractivity contribution in [2.75, 3.05) is 25.9 Å². The van der Waals surface area contributed by atoms with Gasteiger partial charge in [0.25, 0.3) is 11.8 Å². The van der Waals surface area contributed by atoms with Crippen LogP contribution in [-0.2, 0) is 23.1 Å². The number of carbonyl (C=O) groups is 2. The molecule has 1 aromatic carbocycles. The van der Waals surface area contributed by atoms with Gasteiger partial charge in [0, 0.05) is 48.7 Å². The number of aromatic amines is 2. The molecule has 0 radical (unpaired) electrons. The van der Waals surface area contributed by atoms with Gasteiger partial charge in [-0.2, -0.15) is 5.10 Å². The molecule has 0 atom stereocenters. The first-order chi connectivity index (χ1) is 14.2. The van der Waals surface area contributed by atoms with Crippen molar-refractivity contribution >= 4 is 32.8 Å². The molecule has 1 aliphatic heterocycles. The molecular weight excluding hydrogens is 424 g/mol. The van der Waals surface area contributed by atoms with Gasteiger partial charge in [-0.25, -0.2) is 8.42 Å². The lowest BCUT2D eigenvalue weighted by atomic mass is 10.0. The highest BCUT2D eigenvalue weighted by atomic mass is 32.2. The topological polar surface area (TPSA) is 179 Å². The van der Waals surface area contributed by atoms with Gasteiger partial charge in [0.1, 0.15) is 5.69 Å². The molecule has 31 heavy (non-hydrogen) atoms. The van der Waals surface area contributed by atoms with Crippen molar-refractivity contribution < 1.29 is 22.6 Å². The molecular formula is C19H24N6O5S. The number of hydrogen-bond acceptors (Lipinski definition) is 6. The first-order valence-corrected chi connectivity index (χ1v) is 10.9. The van der Waals surface area contributed by atoms with E-state index in [9.17, 15) is 22.6 Å². The minimum absolute atomic E-state index is 0. The molecule has 0 unspecified atom stereocenters. The maximum atomic E-state index is 13.0. The second-order valence-corrected chi connectivity index (χ2v) is 8.79. The van der Waals surface area contributed by atoms with Gasteiger partial charge >= 0.3 is 0 Å². The Bertz CT molecular complexity index is 1200. The van der Waals surface area contributed by atoms with Gasteiger partial charge in [0.2, 0.25) is 0 Å². The van der Waals surface area contributed by atoms with Crippen LogP contribution in [0.4, 0.5) is 0 Å². The quantitative estimate of drug-likeness (QED) is 0.491. The lowest BCUT2D eigenvalue weighted by molar-refractivity contribution is 0.0719. The molecule has 0 bridgehead atoms. The van der Waals surface area contributed by atoms with Gasteiger partial charge in [-0.05, 0) is 12.1 Å². The summed E-state index contributed by atoms with van der Waals surface area (Å²) in [6.45, 7) is 0.445. The number of H-pyrrole nitrogens is 2. The van der Waals surface area contributed by atoms with E-state index in [4.69, 9.17) is 0 Å². The normalized spacial score (nSPS) is 13.5.